The molecular formula is C19H16BrN7O. The molecule has 1 N–H and O–H groups in total. The van der Waals surface area contributed by atoms with Crippen LogP contribution < -0.4 is 5.32 Å². The van der Waals surface area contributed by atoms with Crippen LogP contribution in [0.15, 0.2) is 59.3 Å². The fourth-order valence-corrected chi connectivity index (χ4v) is 3.07. The maximum Gasteiger partial charge on any atom is 0.255 e. The number of carbonyl (C=O) groups excluding carboxylic acids is 1. The Labute approximate surface area is 169 Å². The molecule has 0 bridgehead atoms. The van der Waals surface area contributed by atoms with Crippen LogP contribution in [0.4, 0.5) is 5.69 Å². The van der Waals surface area contributed by atoms with E-state index < -0.39 is 0 Å². The van der Waals surface area contributed by atoms with Gasteiger partial charge in [-0.05, 0) is 82.2 Å². The van der Waals surface area contributed by atoms with Gasteiger partial charge in [0.05, 0.1) is 22.0 Å². The lowest BCUT2D eigenvalue weighted by Crippen LogP contribution is -2.13. The zero-order chi connectivity index (χ0) is 19.7. The number of hydrogen-bond donors (Lipinski definition) is 1. The molecule has 8 nitrogen and oxygen atoms in total. The molecule has 1 amide bonds. The molecule has 0 aliphatic heterocycles. The number of aromatic nitrogens is 6. The average Bonchev–Trinajstić information content (AvgIpc) is 3.32. The molecule has 0 aliphatic rings. The summed E-state index contributed by atoms with van der Waals surface area (Å²) in [5, 5.41) is 18.7. The van der Waals surface area contributed by atoms with Gasteiger partial charge < -0.3 is 5.32 Å². The van der Waals surface area contributed by atoms with Gasteiger partial charge in [-0.1, -0.05) is 6.07 Å². The molecule has 0 saturated heterocycles. The number of aryl methyl sites for hydroxylation is 2. The van der Waals surface area contributed by atoms with Crippen molar-refractivity contribution < 1.29 is 4.79 Å². The molecule has 0 aliphatic carbocycles. The summed E-state index contributed by atoms with van der Waals surface area (Å²) in [6, 6.07) is 12.9. The Bertz CT molecular complexity index is 1150. The second kappa shape index (κ2) is 7.35. The molecule has 4 aromatic rings. The lowest BCUT2D eigenvalue weighted by molar-refractivity contribution is 0.102. The van der Waals surface area contributed by atoms with Gasteiger partial charge in [0, 0.05) is 17.4 Å². The summed E-state index contributed by atoms with van der Waals surface area (Å²) >= 11 is 3.37. The minimum atomic E-state index is -0.198. The highest BCUT2D eigenvalue weighted by Gasteiger charge is 2.11. The Morgan fingerprint density at radius 3 is 2.54 bits per heavy atom. The maximum atomic E-state index is 12.6. The summed E-state index contributed by atoms with van der Waals surface area (Å²) in [6.07, 6.45) is 3.56. The SMILES string of the molecule is Cc1ccc(NC(=O)c2ccc(-n3cc(Br)cn3)cc2)cc1-n1nnnc1C. The molecule has 28 heavy (non-hydrogen) atoms. The third-order valence-electron chi connectivity index (χ3n) is 4.27. The van der Waals surface area contributed by atoms with Gasteiger partial charge in [0.15, 0.2) is 5.82 Å². The van der Waals surface area contributed by atoms with E-state index >= 15 is 0 Å². The van der Waals surface area contributed by atoms with Crippen LogP contribution in [0, 0.1) is 13.8 Å². The predicted octanol–water partition coefficient (Wildman–Crippen LogP) is 3.48. The maximum absolute atomic E-state index is 12.6. The van der Waals surface area contributed by atoms with E-state index in [1.54, 1.807) is 27.7 Å². The van der Waals surface area contributed by atoms with E-state index in [0.29, 0.717) is 17.1 Å². The molecule has 0 radical (unpaired) electrons. The van der Waals surface area contributed by atoms with Gasteiger partial charge in [0.1, 0.15) is 0 Å². The minimum Gasteiger partial charge on any atom is -0.322 e. The van der Waals surface area contributed by atoms with Crippen molar-refractivity contribution in [3.8, 4) is 11.4 Å². The fourth-order valence-electron chi connectivity index (χ4n) is 2.78. The summed E-state index contributed by atoms with van der Waals surface area (Å²) in [7, 11) is 0. The van der Waals surface area contributed by atoms with Gasteiger partial charge in [-0.25, -0.2) is 4.68 Å². The zero-order valence-electron chi connectivity index (χ0n) is 15.2. The van der Waals surface area contributed by atoms with Crippen LogP contribution in [0.25, 0.3) is 11.4 Å². The largest absolute Gasteiger partial charge is 0.322 e. The van der Waals surface area contributed by atoms with Gasteiger partial charge in [-0.2, -0.15) is 9.78 Å². The number of rotatable bonds is 4. The smallest absolute Gasteiger partial charge is 0.255 e. The Morgan fingerprint density at radius 1 is 1.11 bits per heavy atom. The normalized spacial score (nSPS) is 10.8. The Kier molecular flexibility index (Phi) is 4.74. The molecular weight excluding hydrogens is 422 g/mol. The van der Waals surface area contributed by atoms with E-state index in [9.17, 15) is 4.79 Å². The molecule has 2 heterocycles. The molecule has 0 atom stereocenters. The van der Waals surface area contributed by atoms with Crippen molar-refractivity contribution in [1.82, 2.24) is 30.0 Å². The van der Waals surface area contributed by atoms with Crippen LogP contribution in [-0.4, -0.2) is 35.9 Å². The Morgan fingerprint density at radius 2 is 1.89 bits per heavy atom. The second-order valence-corrected chi connectivity index (χ2v) is 7.16. The number of nitrogens with one attached hydrogen (secondary N) is 1. The van der Waals surface area contributed by atoms with Crippen LogP contribution in [0.5, 0.6) is 0 Å². The van der Waals surface area contributed by atoms with Crippen molar-refractivity contribution in [2.45, 2.75) is 13.8 Å². The first-order valence-corrected chi connectivity index (χ1v) is 9.28. The van der Waals surface area contributed by atoms with Crippen molar-refractivity contribution in [1.29, 1.82) is 0 Å². The minimum absolute atomic E-state index is 0.198. The van der Waals surface area contributed by atoms with Gasteiger partial charge in [0.25, 0.3) is 5.91 Å². The lowest BCUT2D eigenvalue weighted by atomic mass is 10.1. The average molecular weight is 438 g/mol. The van der Waals surface area contributed by atoms with Crippen molar-refractivity contribution in [2.75, 3.05) is 5.32 Å². The summed E-state index contributed by atoms with van der Waals surface area (Å²) in [4.78, 5) is 12.6. The van der Waals surface area contributed by atoms with Crippen molar-refractivity contribution in [3.63, 3.8) is 0 Å². The molecule has 0 saturated carbocycles. The van der Waals surface area contributed by atoms with Crippen LogP contribution in [0.3, 0.4) is 0 Å². The highest BCUT2D eigenvalue weighted by Crippen LogP contribution is 2.20. The summed E-state index contributed by atoms with van der Waals surface area (Å²) in [5.74, 6) is 0.476. The fraction of sp³-hybridized carbons (Fsp3) is 0.105. The van der Waals surface area contributed by atoms with E-state index in [1.807, 2.05) is 50.4 Å². The first-order valence-electron chi connectivity index (χ1n) is 8.49. The number of halogens is 1. The molecule has 0 spiro atoms. The number of nitrogens with zero attached hydrogens (tertiary/aromatic N) is 6. The van der Waals surface area contributed by atoms with Crippen molar-refractivity contribution in [2.24, 2.45) is 0 Å². The summed E-state index contributed by atoms with van der Waals surface area (Å²) in [5.41, 5.74) is 3.91. The first kappa shape index (κ1) is 18.1. The van der Waals surface area contributed by atoms with Gasteiger partial charge >= 0.3 is 0 Å². The van der Waals surface area contributed by atoms with Crippen molar-refractivity contribution >= 4 is 27.5 Å². The third kappa shape index (κ3) is 3.56. The van der Waals surface area contributed by atoms with Gasteiger partial charge in [-0.15, -0.1) is 5.10 Å². The Balaban J connectivity index is 1.54. The molecule has 2 aromatic carbocycles. The first-order chi connectivity index (χ1) is 13.5. The van der Waals surface area contributed by atoms with E-state index in [2.05, 4.69) is 41.9 Å². The van der Waals surface area contributed by atoms with Crippen LogP contribution in [-0.2, 0) is 0 Å². The van der Waals surface area contributed by atoms with Crippen LogP contribution in [0.1, 0.15) is 21.7 Å². The van der Waals surface area contributed by atoms with E-state index in [0.717, 1.165) is 21.4 Å². The van der Waals surface area contributed by atoms with E-state index in [-0.39, 0.29) is 5.91 Å². The van der Waals surface area contributed by atoms with E-state index in [4.69, 9.17) is 0 Å². The monoisotopic (exact) mass is 437 g/mol. The number of benzene rings is 2. The predicted molar refractivity (Wildman–Crippen MR) is 108 cm³/mol. The second-order valence-electron chi connectivity index (χ2n) is 6.24. The molecule has 0 fully saturated rings. The quantitative estimate of drug-likeness (QED) is 0.527. The number of amides is 1. The van der Waals surface area contributed by atoms with Gasteiger partial charge in [0.2, 0.25) is 0 Å². The summed E-state index contributed by atoms with van der Waals surface area (Å²) in [6.45, 7) is 3.79. The molecule has 2 aromatic heterocycles. The number of anilines is 1. The summed E-state index contributed by atoms with van der Waals surface area (Å²) < 4.78 is 4.26. The van der Waals surface area contributed by atoms with Crippen LogP contribution >= 0.6 is 15.9 Å². The van der Waals surface area contributed by atoms with E-state index in [1.165, 1.54) is 0 Å². The molecule has 4 rings (SSSR count). The highest BCUT2D eigenvalue weighted by atomic mass is 79.9. The highest BCUT2D eigenvalue weighted by molar-refractivity contribution is 9.10. The van der Waals surface area contributed by atoms with Crippen LogP contribution in [0.2, 0.25) is 0 Å². The Hall–Kier alpha value is -3.33. The molecule has 0 unspecified atom stereocenters. The third-order valence-corrected chi connectivity index (χ3v) is 4.68. The lowest BCUT2D eigenvalue weighted by Gasteiger charge is -2.11. The van der Waals surface area contributed by atoms with Crippen molar-refractivity contribution in [3.05, 3.63) is 76.3 Å². The topological polar surface area (TPSA) is 90.5 Å². The molecule has 9 heteroatoms. The number of hydrogen-bond acceptors (Lipinski definition) is 5. The zero-order valence-corrected chi connectivity index (χ0v) is 16.8. The molecule has 140 valence electrons. The number of tetrazole rings is 1. The van der Waals surface area contributed by atoms with Gasteiger partial charge in [-0.3, -0.25) is 4.79 Å². The standard InChI is InChI=1S/C19H16BrN7O/c1-12-3-6-16(9-18(12)27-13(2)23-24-25-27)22-19(28)14-4-7-17(8-5-14)26-11-15(20)10-21-26/h3-11H,1-2H3,(H,22,28). The number of carbonyl (C=O) groups is 1.